The molecule has 0 saturated carbocycles. The number of pyridine rings is 1. The van der Waals surface area contributed by atoms with Crippen molar-refractivity contribution in [2.45, 2.75) is 59.8 Å². The molecule has 1 aliphatic rings. The van der Waals surface area contributed by atoms with Crippen LogP contribution in [0.2, 0.25) is 0 Å². The molecule has 1 fully saturated rings. The average molecular weight is 457 g/mol. The molecule has 0 aliphatic carbocycles. The van der Waals surface area contributed by atoms with E-state index in [9.17, 15) is 4.79 Å². The van der Waals surface area contributed by atoms with Crippen LogP contribution >= 0.6 is 0 Å². The van der Waals surface area contributed by atoms with Gasteiger partial charge in [-0.1, -0.05) is 68.3 Å². The van der Waals surface area contributed by atoms with Crippen molar-refractivity contribution < 1.29 is 4.79 Å². The highest BCUT2D eigenvalue weighted by Gasteiger charge is 2.15. The third-order valence-electron chi connectivity index (χ3n) is 6.74. The van der Waals surface area contributed by atoms with Gasteiger partial charge in [-0.15, -0.1) is 0 Å². The van der Waals surface area contributed by atoms with Gasteiger partial charge in [0.15, 0.2) is 0 Å². The van der Waals surface area contributed by atoms with Gasteiger partial charge in [-0.2, -0.15) is 0 Å². The first-order valence-electron chi connectivity index (χ1n) is 12.8. The number of hydrogen-bond donors (Lipinski definition) is 0. The van der Waals surface area contributed by atoms with E-state index in [-0.39, 0.29) is 5.78 Å². The zero-order chi connectivity index (χ0) is 24.3. The fourth-order valence-electron chi connectivity index (χ4n) is 4.36. The molecule has 0 bridgehead atoms. The van der Waals surface area contributed by atoms with E-state index >= 15 is 0 Å². The summed E-state index contributed by atoms with van der Waals surface area (Å²) in [5.74, 6) is 0.928. The minimum absolute atomic E-state index is 0.0123. The van der Waals surface area contributed by atoms with E-state index in [1.54, 1.807) is 12.3 Å². The smallest absolute Gasteiger partial charge is 0.211 e. The van der Waals surface area contributed by atoms with Gasteiger partial charge in [-0.05, 0) is 93.4 Å². The third-order valence-corrected chi connectivity index (χ3v) is 6.74. The Morgan fingerprint density at radius 2 is 1.71 bits per heavy atom. The molecule has 34 heavy (non-hydrogen) atoms. The molecule has 1 aliphatic heterocycles. The van der Waals surface area contributed by atoms with Crippen LogP contribution in [0.5, 0.6) is 0 Å². The maximum absolute atomic E-state index is 12.2. The Bertz CT molecular complexity index is 1020. The Morgan fingerprint density at radius 3 is 2.32 bits per heavy atom. The first-order valence-corrected chi connectivity index (χ1v) is 12.8. The van der Waals surface area contributed by atoms with Gasteiger partial charge in [-0.3, -0.25) is 9.78 Å². The van der Waals surface area contributed by atoms with Crippen molar-refractivity contribution in [2.75, 3.05) is 19.6 Å². The lowest BCUT2D eigenvalue weighted by atomic mass is 9.98. The van der Waals surface area contributed by atoms with Crippen LogP contribution in [0.3, 0.4) is 0 Å². The summed E-state index contributed by atoms with van der Waals surface area (Å²) in [6.07, 6.45) is 7.79. The van der Waals surface area contributed by atoms with E-state index in [4.69, 9.17) is 0 Å². The molecule has 1 saturated heterocycles. The maximum Gasteiger partial charge on any atom is 0.211 e. The van der Waals surface area contributed by atoms with Crippen LogP contribution in [0.25, 0.3) is 0 Å². The second-order valence-corrected chi connectivity index (χ2v) is 9.70. The fraction of sp³-hybridized carbons (Fsp3) is 0.419. The number of piperidine rings is 1. The van der Waals surface area contributed by atoms with E-state index in [1.165, 1.54) is 61.2 Å². The Balaban J connectivity index is 0.000000192. The number of carbonyl (C=O) groups excluding carboxylic acids is 1. The SMILES string of the molecule is CCCc1ccc(C(=O)c2ccccn2)cc1C.Cc1ccc(CCN2CCC(C)CC2)cc1. The second kappa shape index (κ2) is 13.2. The fourth-order valence-corrected chi connectivity index (χ4v) is 4.36. The van der Waals surface area contributed by atoms with Crippen molar-refractivity contribution in [3.05, 3.63) is 100 Å². The van der Waals surface area contributed by atoms with Crippen LogP contribution in [-0.4, -0.2) is 35.3 Å². The highest BCUT2D eigenvalue weighted by atomic mass is 16.1. The molecule has 0 amide bonds. The van der Waals surface area contributed by atoms with Gasteiger partial charge in [0.05, 0.1) is 0 Å². The first kappa shape index (κ1) is 25.8. The van der Waals surface area contributed by atoms with Crippen molar-refractivity contribution in [3.63, 3.8) is 0 Å². The number of hydrogen-bond acceptors (Lipinski definition) is 3. The predicted molar refractivity (Wildman–Crippen MR) is 143 cm³/mol. The Morgan fingerprint density at radius 1 is 0.971 bits per heavy atom. The predicted octanol–water partition coefficient (Wildman–Crippen LogP) is 6.84. The van der Waals surface area contributed by atoms with E-state index in [1.807, 2.05) is 24.3 Å². The maximum atomic E-state index is 12.2. The van der Waals surface area contributed by atoms with Crippen molar-refractivity contribution in [1.82, 2.24) is 9.88 Å². The lowest BCUT2D eigenvalue weighted by Crippen LogP contribution is -2.34. The normalized spacial score (nSPS) is 14.4. The molecule has 3 aromatic rings. The van der Waals surface area contributed by atoms with E-state index in [0.29, 0.717) is 11.3 Å². The lowest BCUT2D eigenvalue weighted by Gasteiger charge is -2.30. The molecule has 3 heteroatoms. The highest BCUT2D eigenvalue weighted by molar-refractivity contribution is 6.07. The van der Waals surface area contributed by atoms with Gasteiger partial charge in [0.1, 0.15) is 5.69 Å². The van der Waals surface area contributed by atoms with Gasteiger partial charge in [0.2, 0.25) is 5.78 Å². The number of aromatic nitrogens is 1. The van der Waals surface area contributed by atoms with Crippen LogP contribution in [0.15, 0.2) is 66.9 Å². The quantitative estimate of drug-likeness (QED) is 0.365. The number of ketones is 1. The van der Waals surface area contributed by atoms with Crippen LogP contribution in [-0.2, 0) is 12.8 Å². The molecule has 2 heterocycles. The number of carbonyl (C=O) groups is 1. The number of aryl methyl sites for hydroxylation is 3. The molecule has 180 valence electrons. The Hall–Kier alpha value is -2.78. The van der Waals surface area contributed by atoms with E-state index < -0.39 is 0 Å². The van der Waals surface area contributed by atoms with E-state index in [2.05, 4.69) is 67.9 Å². The van der Waals surface area contributed by atoms with Crippen molar-refractivity contribution in [3.8, 4) is 0 Å². The van der Waals surface area contributed by atoms with Gasteiger partial charge < -0.3 is 4.90 Å². The zero-order valence-electron chi connectivity index (χ0n) is 21.4. The third kappa shape index (κ3) is 7.92. The molecule has 0 N–H and O–H groups in total. The molecule has 2 aromatic carbocycles. The Kier molecular flexibility index (Phi) is 10.0. The largest absolute Gasteiger partial charge is 0.303 e. The Labute approximate surface area is 206 Å². The van der Waals surface area contributed by atoms with Crippen molar-refractivity contribution >= 4 is 5.78 Å². The summed E-state index contributed by atoms with van der Waals surface area (Å²) in [6, 6.07) is 20.3. The molecule has 0 spiro atoms. The minimum Gasteiger partial charge on any atom is -0.303 e. The number of rotatable bonds is 7. The summed E-state index contributed by atoms with van der Waals surface area (Å²) < 4.78 is 0. The van der Waals surface area contributed by atoms with Crippen LogP contribution in [0.4, 0.5) is 0 Å². The number of likely N-dealkylation sites (tertiary alicyclic amines) is 1. The van der Waals surface area contributed by atoms with Crippen LogP contribution in [0, 0.1) is 19.8 Å². The summed E-state index contributed by atoms with van der Waals surface area (Å²) in [5, 5.41) is 0. The first-order chi connectivity index (χ1) is 16.5. The number of nitrogens with zero attached hydrogens (tertiary/aromatic N) is 2. The molecule has 0 radical (unpaired) electrons. The average Bonchev–Trinajstić information content (AvgIpc) is 2.86. The van der Waals surface area contributed by atoms with Gasteiger partial charge >= 0.3 is 0 Å². The highest BCUT2D eigenvalue weighted by Crippen LogP contribution is 2.17. The number of benzene rings is 2. The zero-order valence-corrected chi connectivity index (χ0v) is 21.4. The van der Waals surface area contributed by atoms with Gasteiger partial charge in [-0.25, -0.2) is 0 Å². The molecule has 3 nitrogen and oxygen atoms in total. The molecule has 0 atom stereocenters. The molecule has 4 rings (SSSR count). The van der Waals surface area contributed by atoms with Gasteiger partial charge in [0, 0.05) is 18.3 Å². The monoisotopic (exact) mass is 456 g/mol. The summed E-state index contributed by atoms with van der Waals surface area (Å²) in [4.78, 5) is 18.9. The van der Waals surface area contributed by atoms with Crippen LogP contribution < -0.4 is 0 Å². The standard InChI is InChI=1S/C16H17NO.C15H23N/c1-3-6-13-8-9-14(11-12(13)2)16(18)15-7-4-5-10-17-15;1-13-3-5-15(6-4-13)9-12-16-10-7-14(2)8-11-16/h4-5,7-11H,3,6H2,1-2H3;3-6,14H,7-12H2,1-2H3. The molecular formula is C31H40N2O. The lowest BCUT2D eigenvalue weighted by molar-refractivity contribution is 0.103. The minimum atomic E-state index is -0.0123. The summed E-state index contributed by atoms with van der Waals surface area (Å²) in [6.45, 7) is 12.6. The molecular weight excluding hydrogens is 416 g/mol. The summed E-state index contributed by atoms with van der Waals surface area (Å²) >= 11 is 0. The molecule has 1 aromatic heterocycles. The van der Waals surface area contributed by atoms with E-state index in [0.717, 1.165) is 18.8 Å². The topological polar surface area (TPSA) is 33.2 Å². The summed E-state index contributed by atoms with van der Waals surface area (Å²) in [5.41, 5.74) is 6.54. The summed E-state index contributed by atoms with van der Waals surface area (Å²) in [7, 11) is 0. The van der Waals surface area contributed by atoms with Crippen LogP contribution in [0.1, 0.15) is 71.4 Å². The van der Waals surface area contributed by atoms with Crippen molar-refractivity contribution in [1.29, 1.82) is 0 Å². The molecule has 0 unspecified atom stereocenters. The van der Waals surface area contributed by atoms with Crippen molar-refractivity contribution in [2.24, 2.45) is 5.92 Å². The second-order valence-electron chi connectivity index (χ2n) is 9.70. The van der Waals surface area contributed by atoms with Gasteiger partial charge in [0.25, 0.3) is 0 Å².